The maximum Gasteiger partial charge on any atom is 0.394 e. The largest absolute Gasteiger partial charge is 0.481 e. The number of rotatable bonds is 6. The predicted molar refractivity (Wildman–Crippen MR) is 87.9 cm³/mol. The van der Waals surface area contributed by atoms with E-state index in [1.54, 1.807) is 0 Å². The lowest BCUT2D eigenvalue weighted by Gasteiger charge is -2.18. The summed E-state index contributed by atoms with van der Waals surface area (Å²) in [6, 6.07) is 3.09. The summed E-state index contributed by atoms with van der Waals surface area (Å²) in [6.07, 6.45) is -2.35. The number of thiophene rings is 1. The predicted octanol–water partition coefficient (Wildman–Crippen LogP) is 3.63. The van der Waals surface area contributed by atoms with Crippen LogP contribution in [-0.4, -0.2) is 47.8 Å². The fourth-order valence-electron chi connectivity index (χ4n) is 2.77. The molecule has 0 bridgehead atoms. The molecule has 1 aromatic rings. The fourth-order valence-corrected chi connectivity index (χ4v) is 3.90. The van der Waals surface area contributed by atoms with Crippen LogP contribution in [-0.2, 0) is 11.2 Å². The highest BCUT2D eigenvalue weighted by atomic mass is 35.5. The van der Waals surface area contributed by atoms with Gasteiger partial charge in [-0.25, -0.2) is 4.79 Å². The lowest BCUT2D eigenvalue weighted by molar-refractivity contribution is -0.187. The summed E-state index contributed by atoms with van der Waals surface area (Å²) in [5.41, 5.74) is 0. The first-order valence-corrected chi connectivity index (χ1v) is 8.94. The Hall–Kier alpha value is -1.48. The van der Waals surface area contributed by atoms with Crippen LogP contribution >= 0.6 is 22.9 Å². The van der Waals surface area contributed by atoms with E-state index >= 15 is 0 Å². The number of aryl methyl sites for hydroxylation is 1. The molecule has 1 saturated heterocycles. The maximum absolute atomic E-state index is 12.9. The lowest BCUT2D eigenvalue weighted by Crippen LogP contribution is -2.40. The number of nitrogens with zero attached hydrogens (tertiary/aromatic N) is 1. The van der Waals surface area contributed by atoms with E-state index in [-0.39, 0.29) is 0 Å². The number of alkyl halides is 3. The number of halogens is 4. The van der Waals surface area contributed by atoms with E-state index in [1.807, 2.05) is 12.1 Å². The van der Waals surface area contributed by atoms with E-state index in [1.165, 1.54) is 11.3 Å². The highest BCUT2D eigenvalue weighted by molar-refractivity contribution is 7.16. The molecular formula is C15H18ClF3N2O3S. The first kappa shape index (κ1) is 19.8. The number of aliphatic carboxylic acids is 1. The molecule has 2 atom stereocenters. The third-order valence-electron chi connectivity index (χ3n) is 4.10. The smallest absolute Gasteiger partial charge is 0.394 e. The summed E-state index contributed by atoms with van der Waals surface area (Å²) in [6.45, 7) is -0.734. The van der Waals surface area contributed by atoms with Gasteiger partial charge in [-0.3, -0.25) is 4.79 Å². The van der Waals surface area contributed by atoms with Gasteiger partial charge in [0.15, 0.2) is 0 Å². The molecule has 2 amide bonds. The summed E-state index contributed by atoms with van der Waals surface area (Å²) in [5.74, 6) is -5.18. The molecule has 25 heavy (non-hydrogen) atoms. The Kier molecular flexibility index (Phi) is 6.56. The lowest BCUT2D eigenvalue weighted by atomic mass is 9.96. The SMILES string of the molecule is O=C(O)[C@@H]1CN(C(=O)NCCCCc2ccc(Cl)s2)C[C@H]1C(F)(F)F. The molecule has 0 radical (unpaired) electrons. The number of carbonyl (C=O) groups is 2. The molecule has 140 valence electrons. The number of nitrogens with one attached hydrogen (secondary N) is 1. The van der Waals surface area contributed by atoms with Crippen LogP contribution in [0.1, 0.15) is 17.7 Å². The number of amides is 2. The number of unbranched alkanes of at least 4 members (excludes halogenated alkanes) is 1. The molecule has 2 N–H and O–H groups in total. The second-order valence-electron chi connectivity index (χ2n) is 5.89. The van der Waals surface area contributed by atoms with Gasteiger partial charge in [0.25, 0.3) is 0 Å². The Morgan fingerprint density at radius 2 is 2.04 bits per heavy atom. The van der Waals surface area contributed by atoms with Crippen LogP contribution in [0.5, 0.6) is 0 Å². The van der Waals surface area contributed by atoms with Crippen molar-refractivity contribution in [3.63, 3.8) is 0 Å². The van der Waals surface area contributed by atoms with Gasteiger partial charge < -0.3 is 15.3 Å². The van der Waals surface area contributed by atoms with Crippen LogP contribution in [0, 0.1) is 11.8 Å². The van der Waals surface area contributed by atoms with Crippen LogP contribution in [0.3, 0.4) is 0 Å². The number of carboxylic acids is 1. The van der Waals surface area contributed by atoms with Crippen molar-refractivity contribution in [1.82, 2.24) is 10.2 Å². The van der Waals surface area contributed by atoms with E-state index in [0.29, 0.717) is 17.3 Å². The zero-order valence-corrected chi connectivity index (χ0v) is 14.8. The highest BCUT2D eigenvalue weighted by Crippen LogP contribution is 2.37. The minimum Gasteiger partial charge on any atom is -0.481 e. The molecule has 5 nitrogen and oxygen atoms in total. The van der Waals surface area contributed by atoms with Crippen LogP contribution < -0.4 is 5.32 Å². The number of urea groups is 1. The van der Waals surface area contributed by atoms with Gasteiger partial charge in [0.2, 0.25) is 0 Å². The van der Waals surface area contributed by atoms with Crippen LogP contribution in [0.25, 0.3) is 0 Å². The Bertz CT molecular complexity index is 623. The zero-order chi connectivity index (χ0) is 18.6. The summed E-state index contributed by atoms with van der Waals surface area (Å²) in [7, 11) is 0. The van der Waals surface area contributed by atoms with Crippen molar-refractivity contribution in [2.45, 2.75) is 25.4 Å². The third kappa shape index (κ3) is 5.50. The first-order valence-electron chi connectivity index (χ1n) is 7.75. The minimum absolute atomic E-state index is 0.322. The average molecular weight is 399 g/mol. The maximum atomic E-state index is 12.9. The number of likely N-dealkylation sites (tertiary alicyclic amines) is 1. The van der Waals surface area contributed by atoms with E-state index < -0.39 is 43.1 Å². The standard InChI is InChI=1S/C15H18ClF3N2O3S/c16-12-5-4-9(25-12)3-1-2-6-20-14(24)21-7-10(13(22)23)11(8-21)15(17,18)19/h4-5,10-11H,1-3,6-8H2,(H,20,24)(H,22,23)/t10-,11-/m1/s1. The third-order valence-corrected chi connectivity index (χ3v) is 5.39. The van der Waals surface area contributed by atoms with Crippen molar-refractivity contribution >= 4 is 34.9 Å². The van der Waals surface area contributed by atoms with Crippen molar-refractivity contribution in [3.05, 3.63) is 21.3 Å². The molecule has 1 aliphatic heterocycles. The molecule has 0 saturated carbocycles. The first-order chi connectivity index (χ1) is 11.7. The molecule has 1 aliphatic rings. The Morgan fingerprint density at radius 3 is 2.56 bits per heavy atom. The number of hydrogen-bond acceptors (Lipinski definition) is 3. The van der Waals surface area contributed by atoms with E-state index in [2.05, 4.69) is 5.32 Å². The molecule has 10 heteroatoms. The number of hydrogen-bond donors (Lipinski definition) is 2. The van der Waals surface area contributed by atoms with Crippen LogP contribution in [0.15, 0.2) is 12.1 Å². The topological polar surface area (TPSA) is 69.6 Å². The average Bonchev–Trinajstić information content (AvgIpc) is 3.12. The van der Waals surface area contributed by atoms with E-state index in [4.69, 9.17) is 16.7 Å². The normalized spacial score (nSPS) is 20.7. The van der Waals surface area contributed by atoms with Gasteiger partial charge in [0, 0.05) is 24.5 Å². The Morgan fingerprint density at radius 1 is 1.32 bits per heavy atom. The molecular weight excluding hydrogens is 381 g/mol. The molecule has 0 aliphatic carbocycles. The summed E-state index contributed by atoms with van der Waals surface area (Å²) in [5, 5.41) is 11.5. The summed E-state index contributed by atoms with van der Waals surface area (Å²) in [4.78, 5) is 25.0. The van der Waals surface area contributed by atoms with Gasteiger partial charge in [-0.2, -0.15) is 13.2 Å². The van der Waals surface area contributed by atoms with Gasteiger partial charge in [0.1, 0.15) is 0 Å². The summed E-state index contributed by atoms with van der Waals surface area (Å²) < 4.78 is 39.4. The Labute approximate surface area is 151 Å². The van der Waals surface area contributed by atoms with Crippen molar-refractivity contribution in [2.75, 3.05) is 19.6 Å². The van der Waals surface area contributed by atoms with Gasteiger partial charge in [0.05, 0.1) is 16.2 Å². The molecule has 2 rings (SSSR count). The fraction of sp³-hybridized carbons (Fsp3) is 0.600. The van der Waals surface area contributed by atoms with Gasteiger partial charge in [-0.05, 0) is 31.4 Å². The van der Waals surface area contributed by atoms with Gasteiger partial charge >= 0.3 is 18.2 Å². The number of carbonyl (C=O) groups excluding carboxylic acids is 1. The molecule has 0 unspecified atom stereocenters. The highest BCUT2D eigenvalue weighted by Gasteiger charge is 2.53. The Balaban J connectivity index is 1.74. The van der Waals surface area contributed by atoms with E-state index in [0.717, 1.165) is 22.6 Å². The monoisotopic (exact) mass is 398 g/mol. The van der Waals surface area contributed by atoms with Gasteiger partial charge in [-0.1, -0.05) is 11.6 Å². The second kappa shape index (κ2) is 8.27. The number of carboxylic acid groups (broad SMARTS) is 1. The zero-order valence-electron chi connectivity index (χ0n) is 13.2. The van der Waals surface area contributed by atoms with Gasteiger partial charge in [-0.15, -0.1) is 11.3 Å². The minimum atomic E-state index is -4.64. The quantitative estimate of drug-likeness (QED) is 0.719. The van der Waals surface area contributed by atoms with Crippen LogP contribution in [0.4, 0.5) is 18.0 Å². The van der Waals surface area contributed by atoms with Crippen molar-refractivity contribution in [2.24, 2.45) is 11.8 Å². The molecule has 2 heterocycles. The molecule has 0 aromatic carbocycles. The molecule has 1 fully saturated rings. The summed E-state index contributed by atoms with van der Waals surface area (Å²) >= 11 is 7.31. The van der Waals surface area contributed by atoms with Crippen molar-refractivity contribution in [3.8, 4) is 0 Å². The van der Waals surface area contributed by atoms with Crippen LogP contribution in [0.2, 0.25) is 4.34 Å². The van der Waals surface area contributed by atoms with Crippen molar-refractivity contribution < 1.29 is 27.9 Å². The second-order valence-corrected chi connectivity index (χ2v) is 7.69. The molecule has 0 spiro atoms. The van der Waals surface area contributed by atoms with Crippen molar-refractivity contribution in [1.29, 1.82) is 0 Å². The van der Waals surface area contributed by atoms with E-state index in [9.17, 15) is 22.8 Å². The molecule has 1 aromatic heterocycles.